The van der Waals surface area contributed by atoms with Crippen molar-refractivity contribution < 1.29 is 33.5 Å². The topological polar surface area (TPSA) is 156 Å². The summed E-state index contributed by atoms with van der Waals surface area (Å²) >= 11 is 0. The van der Waals surface area contributed by atoms with Crippen molar-refractivity contribution in [2.75, 3.05) is 26.8 Å². The summed E-state index contributed by atoms with van der Waals surface area (Å²) in [6.07, 6.45) is -0.101. The molecule has 0 spiro atoms. The molecule has 5 atom stereocenters. The van der Waals surface area contributed by atoms with Crippen LogP contribution in [-0.2, 0) is 18.3 Å². The van der Waals surface area contributed by atoms with Crippen LogP contribution in [0.4, 0.5) is 5.82 Å². The molecule has 1 aromatic heterocycles. The van der Waals surface area contributed by atoms with Gasteiger partial charge in [0.15, 0.2) is 12.0 Å². The van der Waals surface area contributed by atoms with Crippen molar-refractivity contribution in [3.8, 4) is 0 Å². The third kappa shape index (κ3) is 4.84. The molecular formula is C15H23N4O8P. The average Bonchev–Trinajstić information content (AvgIpc) is 3.28. The number of rotatable bonds is 7. The van der Waals surface area contributed by atoms with Gasteiger partial charge in [-0.2, -0.15) is 4.98 Å². The number of hydrogen-bond donors (Lipinski definition) is 3. The molecule has 0 bridgehead atoms. The standard InChI is InChI=1S/C15H23N4O8P/c1-25-28(23,24)26-8-10-12(20)13(21)14(27-10)19-7-4-11(17-15(19)22)16-9-18-5-2-3-6-18/h4,7,9-10,12-14,20-21H,2-3,5-6,8H2,1H3,(H,23,24)/t10-,12?,13?,14-/m1/s1. The monoisotopic (exact) mass is 418 g/mol. The molecule has 0 amide bonds. The third-order valence-electron chi connectivity index (χ3n) is 4.55. The Morgan fingerprint density at radius 2 is 2.11 bits per heavy atom. The zero-order valence-electron chi connectivity index (χ0n) is 15.2. The largest absolute Gasteiger partial charge is 0.472 e. The molecule has 0 saturated carbocycles. The molecule has 0 radical (unpaired) electrons. The van der Waals surface area contributed by atoms with E-state index in [0.717, 1.165) is 37.6 Å². The molecule has 2 fully saturated rings. The fourth-order valence-electron chi connectivity index (χ4n) is 2.98. The summed E-state index contributed by atoms with van der Waals surface area (Å²) in [5.74, 6) is 0.211. The molecule has 0 aliphatic carbocycles. The van der Waals surface area contributed by atoms with Gasteiger partial charge in [0.1, 0.15) is 18.3 Å². The van der Waals surface area contributed by atoms with E-state index in [0.29, 0.717) is 0 Å². The first kappa shape index (κ1) is 21.1. The Morgan fingerprint density at radius 1 is 1.39 bits per heavy atom. The van der Waals surface area contributed by atoms with Crippen molar-refractivity contribution >= 4 is 20.0 Å². The van der Waals surface area contributed by atoms with Crippen LogP contribution in [0.5, 0.6) is 0 Å². The molecule has 2 aliphatic heterocycles. The van der Waals surface area contributed by atoms with Gasteiger partial charge in [0.05, 0.1) is 12.9 Å². The molecule has 3 heterocycles. The normalized spacial score (nSPS) is 30.2. The minimum absolute atomic E-state index is 0.211. The van der Waals surface area contributed by atoms with Gasteiger partial charge in [-0.05, 0) is 18.9 Å². The smallest absolute Gasteiger partial charge is 0.387 e. The molecule has 3 rings (SSSR count). The first-order valence-corrected chi connectivity index (χ1v) is 10.2. The summed E-state index contributed by atoms with van der Waals surface area (Å²) in [6, 6.07) is 1.48. The number of phosphoric acid groups is 1. The maximum atomic E-state index is 12.3. The quantitative estimate of drug-likeness (QED) is 0.296. The lowest BCUT2D eigenvalue weighted by Gasteiger charge is -2.17. The van der Waals surface area contributed by atoms with E-state index >= 15 is 0 Å². The molecule has 3 N–H and O–H groups in total. The molecule has 156 valence electrons. The van der Waals surface area contributed by atoms with E-state index in [2.05, 4.69) is 19.0 Å². The van der Waals surface area contributed by atoms with Gasteiger partial charge in [-0.15, -0.1) is 0 Å². The number of aliphatic hydroxyl groups excluding tert-OH is 2. The zero-order valence-corrected chi connectivity index (χ0v) is 16.1. The van der Waals surface area contributed by atoms with Gasteiger partial charge in [-0.25, -0.2) is 14.4 Å². The lowest BCUT2D eigenvalue weighted by atomic mass is 10.1. The number of aliphatic hydroxyl groups is 2. The van der Waals surface area contributed by atoms with E-state index in [1.54, 1.807) is 6.34 Å². The van der Waals surface area contributed by atoms with E-state index < -0.39 is 44.7 Å². The Kier molecular flexibility index (Phi) is 6.61. The molecular weight excluding hydrogens is 395 g/mol. The molecule has 13 heteroatoms. The second kappa shape index (κ2) is 8.78. The highest BCUT2D eigenvalue weighted by Crippen LogP contribution is 2.43. The van der Waals surface area contributed by atoms with Crippen LogP contribution in [0.15, 0.2) is 22.1 Å². The van der Waals surface area contributed by atoms with Crippen LogP contribution in [0.3, 0.4) is 0 Å². The van der Waals surface area contributed by atoms with Gasteiger partial charge in [-0.1, -0.05) is 0 Å². The minimum Gasteiger partial charge on any atom is -0.387 e. The van der Waals surface area contributed by atoms with Crippen molar-refractivity contribution in [1.29, 1.82) is 0 Å². The van der Waals surface area contributed by atoms with Gasteiger partial charge >= 0.3 is 13.5 Å². The highest BCUT2D eigenvalue weighted by Gasteiger charge is 2.45. The summed E-state index contributed by atoms with van der Waals surface area (Å²) in [6.45, 7) is 1.30. The zero-order chi connectivity index (χ0) is 20.3. The number of hydrogen-bond acceptors (Lipinski definition) is 9. The van der Waals surface area contributed by atoms with Crippen LogP contribution in [0, 0.1) is 0 Å². The average molecular weight is 418 g/mol. The Morgan fingerprint density at radius 3 is 2.75 bits per heavy atom. The fourth-order valence-corrected chi connectivity index (χ4v) is 3.42. The summed E-state index contributed by atoms with van der Waals surface area (Å²) in [5.41, 5.74) is -0.724. The lowest BCUT2D eigenvalue weighted by molar-refractivity contribution is -0.0546. The number of aromatic nitrogens is 2. The third-order valence-corrected chi connectivity index (χ3v) is 5.49. The van der Waals surface area contributed by atoms with Crippen LogP contribution in [-0.4, -0.2) is 81.0 Å². The summed E-state index contributed by atoms with van der Waals surface area (Å²) < 4.78 is 26.7. The number of nitrogens with zero attached hydrogens (tertiary/aromatic N) is 4. The number of ether oxygens (including phenoxy) is 1. The molecule has 2 saturated heterocycles. The molecule has 1 aromatic rings. The van der Waals surface area contributed by atoms with Crippen LogP contribution >= 0.6 is 7.82 Å². The minimum atomic E-state index is -4.27. The molecule has 2 aliphatic rings. The van der Waals surface area contributed by atoms with Crippen LogP contribution in [0.1, 0.15) is 19.1 Å². The van der Waals surface area contributed by atoms with E-state index in [4.69, 9.17) is 4.74 Å². The SMILES string of the molecule is COP(=O)(O)OC[C@H]1O[C@@H](n2ccc(N=CN3CCCC3)nc2=O)C(O)C1O. The maximum absolute atomic E-state index is 12.3. The first-order chi connectivity index (χ1) is 13.3. The van der Waals surface area contributed by atoms with Crippen LogP contribution < -0.4 is 5.69 Å². The number of aliphatic imine (C=N–C) groups is 1. The van der Waals surface area contributed by atoms with E-state index in [1.165, 1.54) is 12.3 Å². The lowest BCUT2D eigenvalue weighted by Crippen LogP contribution is -2.36. The van der Waals surface area contributed by atoms with Gasteiger partial charge in [0, 0.05) is 26.4 Å². The van der Waals surface area contributed by atoms with E-state index in [1.807, 2.05) is 4.90 Å². The van der Waals surface area contributed by atoms with Crippen LogP contribution in [0.2, 0.25) is 0 Å². The highest BCUT2D eigenvalue weighted by atomic mass is 31.2. The second-order valence-corrected chi connectivity index (χ2v) is 8.02. The van der Waals surface area contributed by atoms with E-state index in [9.17, 15) is 24.5 Å². The summed E-state index contributed by atoms with van der Waals surface area (Å²) in [4.78, 5) is 31.6. The Labute approximate surface area is 160 Å². The van der Waals surface area contributed by atoms with Gasteiger partial charge in [-0.3, -0.25) is 13.6 Å². The Balaban J connectivity index is 1.68. The van der Waals surface area contributed by atoms with E-state index in [-0.39, 0.29) is 5.82 Å². The molecule has 12 nitrogen and oxygen atoms in total. The van der Waals surface area contributed by atoms with Crippen molar-refractivity contribution in [3.05, 3.63) is 22.7 Å². The van der Waals surface area contributed by atoms with Gasteiger partial charge in [0.25, 0.3) is 0 Å². The Bertz CT molecular complexity index is 811. The predicted octanol–water partition coefficient (Wildman–Crippen LogP) is -0.618. The van der Waals surface area contributed by atoms with Gasteiger partial charge in [0.2, 0.25) is 0 Å². The fraction of sp³-hybridized carbons (Fsp3) is 0.667. The molecule has 0 aromatic carbocycles. The number of likely N-dealkylation sites (tertiary alicyclic amines) is 1. The second-order valence-electron chi connectivity index (χ2n) is 6.46. The molecule has 28 heavy (non-hydrogen) atoms. The highest BCUT2D eigenvalue weighted by molar-refractivity contribution is 7.47. The first-order valence-electron chi connectivity index (χ1n) is 8.73. The van der Waals surface area contributed by atoms with Crippen molar-refractivity contribution in [2.24, 2.45) is 4.99 Å². The van der Waals surface area contributed by atoms with Crippen molar-refractivity contribution in [2.45, 2.75) is 37.4 Å². The van der Waals surface area contributed by atoms with Crippen molar-refractivity contribution in [1.82, 2.24) is 14.5 Å². The van der Waals surface area contributed by atoms with Crippen LogP contribution in [0.25, 0.3) is 0 Å². The van der Waals surface area contributed by atoms with Crippen molar-refractivity contribution in [3.63, 3.8) is 0 Å². The van der Waals surface area contributed by atoms with Gasteiger partial charge < -0.3 is 24.7 Å². The number of phosphoric ester groups is 1. The predicted molar refractivity (Wildman–Crippen MR) is 96.2 cm³/mol. The Hall–Kier alpha value is -1.66. The summed E-state index contributed by atoms with van der Waals surface area (Å²) in [5, 5.41) is 20.3. The molecule has 3 unspecified atom stereocenters. The summed E-state index contributed by atoms with van der Waals surface area (Å²) in [7, 11) is -3.28. The maximum Gasteiger partial charge on any atom is 0.472 e.